The molecule has 0 saturated carbocycles. The van der Waals surface area contributed by atoms with Crippen LogP contribution in [0.5, 0.6) is 0 Å². The number of rotatable bonds is 6. The standard InChI is InChI=1S/C14H17Cl2NO5S/c1-8(2)23(21,22)7-12(18)17-14(3,13(19)20)9-4-5-10(15)11(16)6-9/h4-6,8H,7H2,1-3H3,(H,17,18)(H,19,20). The Morgan fingerprint density at radius 1 is 1.26 bits per heavy atom. The second kappa shape index (κ2) is 7.07. The second-order valence-electron chi connectivity index (χ2n) is 5.46. The van der Waals surface area contributed by atoms with Gasteiger partial charge < -0.3 is 10.4 Å². The number of halogens is 2. The minimum Gasteiger partial charge on any atom is -0.479 e. The average Bonchev–Trinajstić information content (AvgIpc) is 2.40. The van der Waals surface area contributed by atoms with E-state index >= 15 is 0 Å². The average molecular weight is 382 g/mol. The molecule has 1 aromatic carbocycles. The molecule has 1 amide bonds. The highest BCUT2D eigenvalue weighted by atomic mass is 35.5. The Balaban J connectivity index is 3.14. The third kappa shape index (κ3) is 4.59. The molecule has 0 radical (unpaired) electrons. The third-order valence-electron chi connectivity index (χ3n) is 3.36. The fraction of sp³-hybridized carbons (Fsp3) is 0.429. The van der Waals surface area contributed by atoms with E-state index in [1.165, 1.54) is 39.0 Å². The summed E-state index contributed by atoms with van der Waals surface area (Å²) in [6.07, 6.45) is 0. The van der Waals surface area contributed by atoms with Gasteiger partial charge in [-0.2, -0.15) is 0 Å². The van der Waals surface area contributed by atoms with Crippen molar-refractivity contribution in [2.24, 2.45) is 0 Å². The number of aliphatic carboxylic acids is 1. The fourth-order valence-electron chi connectivity index (χ4n) is 1.72. The number of nitrogens with one attached hydrogen (secondary N) is 1. The fourth-order valence-corrected chi connectivity index (χ4v) is 2.79. The molecule has 23 heavy (non-hydrogen) atoms. The first-order chi connectivity index (χ1) is 10.4. The molecule has 1 aromatic rings. The molecule has 0 heterocycles. The SMILES string of the molecule is CC(C)S(=O)(=O)CC(=O)NC(C)(C(=O)O)c1ccc(Cl)c(Cl)c1. The summed E-state index contributed by atoms with van der Waals surface area (Å²) in [5.41, 5.74) is -1.66. The van der Waals surface area contributed by atoms with Crippen LogP contribution < -0.4 is 5.32 Å². The van der Waals surface area contributed by atoms with Crippen molar-refractivity contribution >= 4 is 44.9 Å². The molecule has 0 spiro atoms. The van der Waals surface area contributed by atoms with Crippen molar-refractivity contribution < 1.29 is 23.1 Å². The first-order valence-electron chi connectivity index (χ1n) is 6.61. The van der Waals surface area contributed by atoms with Crippen LogP contribution in [-0.4, -0.2) is 36.4 Å². The predicted molar refractivity (Wildman–Crippen MR) is 88.5 cm³/mol. The zero-order chi connectivity index (χ0) is 18.0. The first-order valence-corrected chi connectivity index (χ1v) is 9.09. The number of benzene rings is 1. The van der Waals surface area contributed by atoms with E-state index in [1.807, 2.05) is 0 Å². The molecule has 0 saturated heterocycles. The summed E-state index contributed by atoms with van der Waals surface area (Å²) in [5.74, 6) is -3.06. The van der Waals surface area contributed by atoms with Crippen molar-refractivity contribution in [2.45, 2.75) is 31.6 Å². The van der Waals surface area contributed by atoms with Crippen molar-refractivity contribution in [3.8, 4) is 0 Å². The van der Waals surface area contributed by atoms with Crippen LogP contribution >= 0.6 is 23.2 Å². The van der Waals surface area contributed by atoms with Crippen molar-refractivity contribution in [3.05, 3.63) is 33.8 Å². The molecule has 0 aliphatic rings. The first kappa shape index (κ1) is 19.7. The maximum absolute atomic E-state index is 12.0. The van der Waals surface area contributed by atoms with Crippen LogP contribution in [0.1, 0.15) is 26.3 Å². The van der Waals surface area contributed by atoms with Gasteiger partial charge in [0.05, 0.1) is 15.3 Å². The van der Waals surface area contributed by atoms with Crippen LogP contribution in [0, 0.1) is 0 Å². The van der Waals surface area contributed by atoms with Crippen LogP contribution in [0.2, 0.25) is 10.0 Å². The minimum atomic E-state index is -3.64. The molecular weight excluding hydrogens is 365 g/mol. The molecular formula is C14H17Cl2NO5S. The quantitative estimate of drug-likeness (QED) is 0.786. The van der Waals surface area contributed by atoms with Gasteiger partial charge in [-0.15, -0.1) is 0 Å². The van der Waals surface area contributed by atoms with Crippen LogP contribution in [0.15, 0.2) is 18.2 Å². The van der Waals surface area contributed by atoms with E-state index in [0.29, 0.717) is 0 Å². The summed E-state index contributed by atoms with van der Waals surface area (Å²) < 4.78 is 23.6. The zero-order valence-electron chi connectivity index (χ0n) is 12.8. The normalized spacial score (nSPS) is 14.3. The molecule has 0 bridgehead atoms. The molecule has 0 aliphatic heterocycles. The molecule has 128 valence electrons. The number of hydrogen-bond donors (Lipinski definition) is 2. The Morgan fingerprint density at radius 2 is 1.83 bits per heavy atom. The number of amides is 1. The molecule has 0 fully saturated rings. The Bertz CT molecular complexity index is 733. The Hall–Kier alpha value is -1.31. The van der Waals surface area contributed by atoms with Gasteiger partial charge in [0.1, 0.15) is 5.75 Å². The van der Waals surface area contributed by atoms with Crippen molar-refractivity contribution in [1.29, 1.82) is 0 Å². The number of carbonyl (C=O) groups is 2. The number of sulfone groups is 1. The summed E-state index contributed by atoms with van der Waals surface area (Å²) in [5, 5.41) is 11.3. The van der Waals surface area contributed by atoms with Crippen LogP contribution in [-0.2, 0) is 25.0 Å². The third-order valence-corrected chi connectivity index (χ3v) is 6.20. The summed E-state index contributed by atoms with van der Waals surface area (Å²) in [4.78, 5) is 23.6. The highest BCUT2D eigenvalue weighted by Crippen LogP contribution is 2.29. The van der Waals surface area contributed by atoms with E-state index in [1.54, 1.807) is 0 Å². The summed E-state index contributed by atoms with van der Waals surface area (Å²) in [6, 6.07) is 4.12. The van der Waals surface area contributed by atoms with E-state index in [-0.39, 0.29) is 15.6 Å². The zero-order valence-corrected chi connectivity index (χ0v) is 15.1. The van der Waals surface area contributed by atoms with E-state index in [4.69, 9.17) is 23.2 Å². The molecule has 6 nitrogen and oxygen atoms in total. The van der Waals surface area contributed by atoms with Gasteiger partial charge in [-0.25, -0.2) is 13.2 Å². The van der Waals surface area contributed by atoms with Gasteiger partial charge in [0.15, 0.2) is 15.4 Å². The van der Waals surface area contributed by atoms with Crippen molar-refractivity contribution in [3.63, 3.8) is 0 Å². The molecule has 1 rings (SSSR count). The molecule has 1 unspecified atom stereocenters. The number of carboxylic acids is 1. The Kier molecular flexibility index (Phi) is 6.06. The van der Waals surface area contributed by atoms with Crippen LogP contribution in [0.3, 0.4) is 0 Å². The molecule has 0 aliphatic carbocycles. The maximum atomic E-state index is 12.0. The largest absolute Gasteiger partial charge is 0.479 e. The van der Waals surface area contributed by atoms with E-state index in [9.17, 15) is 23.1 Å². The van der Waals surface area contributed by atoms with E-state index in [0.717, 1.165) is 0 Å². The van der Waals surface area contributed by atoms with Gasteiger partial charge in [0.2, 0.25) is 5.91 Å². The molecule has 0 aromatic heterocycles. The van der Waals surface area contributed by atoms with Gasteiger partial charge in [0, 0.05) is 0 Å². The topological polar surface area (TPSA) is 101 Å². The number of hydrogen-bond acceptors (Lipinski definition) is 4. The van der Waals surface area contributed by atoms with Crippen LogP contribution in [0.4, 0.5) is 0 Å². The van der Waals surface area contributed by atoms with Gasteiger partial charge in [-0.3, -0.25) is 4.79 Å². The van der Waals surface area contributed by atoms with Gasteiger partial charge in [-0.05, 0) is 38.5 Å². The number of carbonyl (C=O) groups excluding carboxylic acids is 1. The Morgan fingerprint density at radius 3 is 2.26 bits per heavy atom. The summed E-state index contributed by atoms with van der Waals surface area (Å²) in [7, 11) is -3.64. The lowest BCUT2D eigenvalue weighted by Gasteiger charge is -2.27. The van der Waals surface area contributed by atoms with Crippen molar-refractivity contribution in [1.82, 2.24) is 5.32 Å². The summed E-state index contributed by atoms with van der Waals surface area (Å²) in [6.45, 7) is 4.13. The lowest BCUT2D eigenvalue weighted by atomic mass is 9.92. The predicted octanol–water partition coefficient (Wildman–Crippen LogP) is 2.23. The second-order valence-corrected chi connectivity index (χ2v) is 8.83. The summed E-state index contributed by atoms with van der Waals surface area (Å²) >= 11 is 11.7. The van der Waals surface area contributed by atoms with Gasteiger partial charge >= 0.3 is 5.97 Å². The van der Waals surface area contributed by atoms with Crippen molar-refractivity contribution in [2.75, 3.05) is 5.75 Å². The van der Waals surface area contributed by atoms with E-state index in [2.05, 4.69) is 5.32 Å². The maximum Gasteiger partial charge on any atom is 0.333 e. The smallest absolute Gasteiger partial charge is 0.333 e. The molecule has 2 N–H and O–H groups in total. The van der Waals surface area contributed by atoms with Crippen LogP contribution in [0.25, 0.3) is 0 Å². The lowest BCUT2D eigenvalue weighted by molar-refractivity contribution is -0.147. The molecule has 9 heteroatoms. The Labute approximate surface area is 144 Å². The van der Waals surface area contributed by atoms with Gasteiger partial charge in [-0.1, -0.05) is 29.3 Å². The monoisotopic (exact) mass is 381 g/mol. The minimum absolute atomic E-state index is 0.126. The highest BCUT2D eigenvalue weighted by Gasteiger charge is 2.38. The number of carboxylic acid groups (broad SMARTS) is 1. The van der Waals surface area contributed by atoms with Gasteiger partial charge in [0.25, 0.3) is 0 Å². The highest BCUT2D eigenvalue weighted by molar-refractivity contribution is 7.92. The lowest BCUT2D eigenvalue weighted by Crippen LogP contribution is -2.51. The van der Waals surface area contributed by atoms with E-state index < -0.39 is 38.3 Å². The molecule has 1 atom stereocenters.